The Bertz CT molecular complexity index is 502. The van der Waals surface area contributed by atoms with E-state index in [-0.39, 0.29) is 5.91 Å². The maximum Gasteiger partial charge on any atom is 0.272 e. The number of carbonyl (C=O) groups excluding carboxylic acids is 1. The molecule has 82 valence electrons. The fourth-order valence-electron chi connectivity index (χ4n) is 1.47. The van der Waals surface area contributed by atoms with Crippen LogP contribution in [0.15, 0.2) is 36.7 Å². The van der Waals surface area contributed by atoms with E-state index in [1.165, 1.54) is 0 Å². The predicted octanol–water partition coefficient (Wildman–Crippen LogP) is 1.98. The summed E-state index contributed by atoms with van der Waals surface area (Å²) < 4.78 is 1.85. The van der Waals surface area contributed by atoms with Crippen molar-refractivity contribution in [2.24, 2.45) is 7.05 Å². The second kappa shape index (κ2) is 4.18. The molecule has 0 unspecified atom stereocenters. The van der Waals surface area contributed by atoms with Crippen molar-refractivity contribution in [3.63, 3.8) is 0 Å². The largest absolute Gasteiger partial charge is 0.344 e. The van der Waals surface area contributed by atoms with Crippen LogP contribution in [0.5, 0.6) is 0 Å². The Balaban J connectivity index is 2.18. The van der Waals surface area contributed by atoms with Gasteiger partial charge in [0.05, 0.1) is 11.9 Å². The van der Waals surface area contributed by atoms with Gasteiger partial charge >= 0.3 is 0 Å². The molecule has 1 N–H and O–H groups in total. The first kappa shape index (κ1) is 10.4. The number of aryl methyl sites for hydroxylation is 1. The number of nitrogens with one attached hydrogen (secondary N) is 1. The van der Waals surface area contributed by atoms with Gasteiger partial charge in [-0.2, -0.15) is 0 Å². The molecular formula is C12H13N3O. The highest BCUT2D eigenvalue weighted by molar-refractivity contribution is 6.03. The number of amides is 1. The predicted molar refractivity (Wildman–Crippen MR) is 62.3 cm³/mol. The first-order valence-corrected chi connectivity index (χ1v) is 5.02. The van der Waals surface area contributed by atoms with E-state index >= 15 is 0 Å². The van der Waals surface area contributed by atoms with E-state index in [2.05, 4.69) is 10.3 Å². The van der Waals surface area contributed by atoms with Gasteiger partial charge in [0.25, 0.3) is 5.91 Å². The summed E-state index contributed by atoms with van der Waals surface area (Å²) in [6, 6.07) is 7.31. The first-order valence-electron chi connectivity index (χ1n) is 5.02. The normalized spacial score (nSPS) is 10.1. The second-order valence-electron chi connectivity index (χ2n) is 3.61. The van der Waals surface area contributed by atoms with Crippen LogP contribution in [-0.4, -0.2) is 15.5 Å². The third-order valence-corrected chi connectivity index (χ3v) is 2.52. The molecule has 0 saturated carbocycles. The summed E-state index contributed by atoms with van der Waals surface area (Å²) >= 11 is 0. The monoisotopic (exact) mass is 215 g/mol. The third kappa shape index (κ3) is 1.95. The van der Waals surface area contributed by atoms with Crippen LogP contribution in [0, 0.1) is 6.92 Å². The fourth-order valence-corrected chi connectivity index (χ4v) is 1.47. The molecule has 0 aliphatic carbocycles. The van der Waals surface area contributed by atoms with E-state index < -0.39 is 0 Å². The van der Waals surface area contributed by atoms with E-state index in [1.54, 1.807) is 30.6 Å². The van der Waals surface area contributed by atoms with Crippen LogP contribution in [0.4, 0.5) is 5.69 Å². The van der Waals surface area contributed by atoms with Gasteiger partial charge in [-0.25, -0.2) is 0 Å². The Labute approximate surface area is 93.9 Å². The molecule has 0 aliphatic rings. The molecule has 0 aliphatic heterocycles. The van der Waals surface area contributed by atoms with Crippen LogP contribution in [0.3, 0.4) is 0 Å². The summed E-state index contributed by atoms with van der Waals surface area (Å²) in [5.74, 6) is -0.122. The standard InChI is InChI=1S/C12H13N3O/c1-9-5-6-11(15(9)2)12(16)14-10-4-3-7-13-8-10/h3-8H,1-2H3,(H,14,16). The number of hydrogen-bond acceptors (Lipinski definition) is 2. The van der Waals surface area contributed by atoms with Crippen molar-refractivity contribution in [3.05, 3.63) is 48.0 Å². The van der Waals surface area contributed by atoms with E-state index in [0.717, 1.165) is 5.69 Å². The van der Waals surface area contributed by atoms with Gasteiger partial charge in [-0.3, -0.25) is 9.78 Å². The Kier molecular flexibility index (Phi) is 2.72. The minimum Gasteiger partial charge on any atom is -0.344 e. The summed E-state index contributed by atoms with van der Waals surface area (Å²) in [5, 5.41) is 2.79. The number of anilines is 1. The molecule has 0 fully saturated rings. The van der Waals surface area contributed by atoms with Gasteiger partial charge in [0.2, 0.25) is 0 Å². The number of aromatic nitrogens is 2. The third-order valence-electron chi connectivity index (χ3n) is 2.52. The van der Waals surface area contributed by atoms with Gasteiger partial charge in [-0.1, -0.05) is 0 Å². The van der Waals surface area contributed by atoms with Crippen LogP contribution in [0.25, 0.3) is 0 Å². The average molecular weight is 215 g/mol. The summed E-state index contributed by atoms with van der Waals surface area (Å²) in [6.07, 6.45) is 3.29. The molecule has 0 radical (unpaired) electrons. The number of nitrogens with zero attached hydrogens (tertiary/aromatic N) is 2. The molecule has 1 amide bonds. The Morgan fingerprint density at radius 1 is 1.38 bits per heavy atom. The van der Waals surface area contributed by atoms with Crippen molar-refractivity contribution in [2.75, 3.05) is 5.32 Å². The van der Waals surface area contributed by atoms with Crippen LogP contribution in [0.1, 0.15) is 16.2 Å². The molecule has 2 heterocycles. The molecule has 0 saturated heterocycles. The van der Waals surface area contributed by atoms with E-state index in [0.29, 0.717) is 11.4 Å². The topological polar surface area (TPSA) is 46.9 Å². The molecule has 2 aromatic rings. The minimum atomic E-state index is -0.122. The number of hydrogen-bond donors (Lipinski definition) is 1. The highest BCUT2D eigenvalue weighted by atomic mass is 16.1. The van der Waals surface area contributed by atoms with E-state index in [9.17, 15) is 4.79 Å². The van der Waals surface area contributed by atoms with Crippen molar-refractivity contribution in [1.29, 1.82) is 0 Å². The SMILES string of the molecule is Cc1ccc(C(=O)Nc2cccnc2)n1C. The van der Waals surface area contributed by atoms with Crippen molar-refractivity contribution in [3.8, 4) is 0 Å². The maximum absolute atomic E-state index is 11.9. The van der Waals surface area contributed by atoms with Gasteiger partial charge in [-0.05, 0) is 31.2 Å². The summed E-state index contributed by atoms with van der Waals surface area (Å²) in [6.45, 7) is 1.96. The first-order chi connectivity index (χ1) is 7.68. The fraction of sp³-hybridized carbons (Fsp3) is 0.167. The Hall–Kier alpha value is -2.10. The van der Waals surface area contributed by atoms with Gasteiger partial charge < -0.3 is 9.88 Å². The second-order valence-corrected chi connectivity index (χ2v) is 3.61. The number of carbonyl (C=O) groups is 1. The molecule has 0 bridgehead atoms. The molecule has 4 heteroatoms. The number of pyridine rings is 1. The zero-order valence-corrected chi connectivity index (χ0v) is 9.27. The molecule has 16 heavy (non-hydrogen) atoms. The van der Waals surface area contributed by atoms with Crippen LogP contribution in [-0.2, 0) is 7.05 Å². The van der Waals surface area contributed by atoms with Crippen molar-refractivity contribution in [2.45, 2.75) is 6.92 Å². The Morgan fingerprint density at radius 2 is 2.19 bits per heavy atom. The molecule has 0 atom stereocenters. The molecule has 4 nitrogen and oxygen atoms in total. The summed E-state index contributed by atoms with van der Waals surface area (Å²) in [5.41, 5.74) is 2.39. The van der Waals surface area contributed by atoms with Crippen molar-refractivity contribution < 1.29 is 4.79 Å². The number of rotatable bonds is 2. The quantitative estimate of drug-likeness (QED) is 0.832. The van der Waals surface area contributed by atoms with Crippen LogP contribution >= 0.6 is 0 Å². The molecule has 0 aromatic carbocycles. The highest BCUT2D eigenvalue weighted by Gasteiger charge is 2.10. The van der Waals surface area contributed by atoms with Crippen molar-refractivity contribution in [1.82, 2.24) is 9.55 Å². The molecule has 0 spiro atoms. The van der Waals surface area contributed by atoms with Crippen LogP contribution in [0.2, 0.25) is 0 Å². The zero-order valence-electron chi connectivity index (χ0n) is 9.27. The van der Waals surface area contributed by atoms with E-state index in [1.807, 2.05) is 24.6 Å². The highest BCUT2D eigenvalue weighted by Crippen LogP contribution is 2.09. The minimum absolute atomic E-state index is 0.122. The van der Waals surface area contributed by atoms with E-state index in [4.69, 9.17) is 0 Å². The lowest BCUT2D eigenvalue weighted by molar-refractivity contribution is 0.101. The lowest BCUT2D eigenvalue weighted by Gasteiger charge is -2.06. The Morgan fingerprint density at radius 3 is 2.75 bits per heavy atom. The lowest BCUT2D eigenvalue weighted by Crippen LogP contribution is -2.16. The van der Waals surface area contributed by atoms with Crippen LogP contribution < -0.4 is 5.32 Å². The maximum atomic E-state index is 11.9. The van der Waals surface area contributed by atoms with Crippen molar-refractivity contribution >= 4 is 11.6 Å². The molecular weight excluding hydrogens is 202 g/mol. The molecule has 2 rings (SSSR count). The molecule has 2 aromatic heterocycles. The van der Waals surface area contributed by atoms with Gasteiger partial charge in [-0.15, -0.1) is 0 Å². The smallest absolute Gasteiger partial charge is 0.272 e. The van der Waals surface area contributed by atoms with Gasteiger partial charge in [0.1, 0.15) is 5.69 Å². The average Bonchev–Trinajstić information content (AvgIpc) is 2.61. The summed E-state index contributed by atoms with van der Waals surface area (Å²) in [4.78, 5) is 15.8. The zero-order chi connectivity index (χ0) is 11.5. The van der Waals surface area contributed by atoms with Gasteiger partial charge in [0.15, 0.2) is 0 Å². The summed E-state index contributed by atoms with van der Waals surface area (Å²) in [7, 11) is 1.87. The van der Waals surface area contributed by atoms with Gasteiger partial charge in [0, 0.05) is 18.9 Å². The lowest BCUT2D eigenvalue weighted by atomic mass is 10.3.